The molecule has 112 valence electrons. The van der Waals surface area contributed by atoms with E-state index in [1.165, 1.54) is 11.3 Å². The van der Waals surface area contributed by atoms with Crippen molar-refractivity contribution in [1.82, 2.24) is 4.72 Å². The van der Waals surface area contributed by atoms with Crippen molar-refractivity contribution in [2.75, 3.05) is 5.73 Å². The lowest BCUT2D eigenvalue weighted by atomic mass is 10.3. The van der Waals surface area contributed by atoms with Gasteiger partial charge < -0.3 is 5.73 Å². The molecule has 0 aliphatic rings. The number of hydrogen-bond acceptors (Lipinski definition) is 6. The number of nitro benzene ring substituents is 1. The van der Waals surface area contributed by atoms with E-state index >= 15 is 0 Å². The molecule has 0 fully saturated rings. The summed E-state index contributed by atoms with van der Waals surface area (Å²) in [6.07, 6.45) is 0. The van der Waals surface area contributed by atoms with Crippen LogP contribution in [0.5, 0.6) is 0 Å². The molecule has 0 saturated carbocycles. The third-order valence-electron chi connectivity index (χ3n) is 2.56. The molecule has 3 N–H and O–H groups in total. The predicted molar refractivity (Wildman–Crippen MR) is 80.9 cm³/mol. The number of nitrogens with zero attached hydrogens (tertiary/aromatic N) is 1. The zero-order chi connectivity index (χ0) is 15.6. The Morgan fingerprint density at radius 3 is 2.57 bits per heavy atom. The van der Waals surface area contributed by atoms with Crippen molar-refractivity contribution in [1.29, 1.82) is 0 Å². The van der Waals surface area contributed by atoms with Crippen LogP contribution in [0.1, 0.15) is 4.88 Å². The predicted octanol–water partition coefficient (Wildman–Crippen LogP) is 2.37. The second-order valence-corrected chi connectivity index (χ2v) is 7.54. The van der Waals surface area contributed by atoms with Crippen LogP contribution < -0.4 is 10.5 Å². The van der Waals surface area contributed by atoms with Crippen LogP contribution in [0.15, 0.2) is 35.2 Å². The molecule has 0 aliphatic carbocycles. The summed E-state index contributed by atoms with van der Waals surface area (Å²) in [7, 11) is -3.86. The Labute approximate surface area is 129 Å². The molecule has 1 heterocycles. The van der Waals surface area contributed by atoms with Gasteiger partial charge in [0.1, 0.15) is 4.90 Å². The number of anilines is 1. The van der Waals surface area contributed by atoms with Gasteiger partial charge >= 0.3 is 0 Å². The maximum Gasteiger partial charge on any atom is 0.271 e. The number of nitrogens with two attached hydrogens (primary N) is 1. The van der Waals surface area contributed by atoms with Crippen molar-refractivity contribution in [2.24, 2.45) is 0 Å². The summed E-state index contributed by atoms with van der Waals surface area (Å²) >= 11 is 7.01. The second kappa shape index (κ2) is 5.98. The van der Waals surface area contributed by atoms with Crippen LogP contribution in [0.2, 0.25) is 4.34 Å². The van der Waals surface area contributed by atoms with Crippen LogP contribution in [0.3, 0.4) is 0 Å². The van der Waals surface area contributed by atoms with E-state index in [-0.39, 0.29) is 22.8 Å². The molecule has 2 rings (SSSR count). The molecule has 21 heavy (non-hydrogen) atoms. The molecule has 0 atom stereocenters. The van der Waals surface area contributed by atoms with Gasteiger partial charge in [-0.05, 0) is 18.2 Å². The number of nitrogens with one attached hydrogen (secondary N) is 1. The molecule has 2 aromatic rings. The number of halogens is 1. The Kier molecular flexibility index (Phi) is 4.47. The highest BCUT2D eigenvalue weighted by Crippen LogP contribution is 2.25. The zero-order valence-corrected chi connectivity index (χ0v) is 12.8. The van der Waals surface area contributed by atoms with Gasteiger partial charge in [0.05, 0.1) is 14.9 Å². The lowest BCUT2D eigenvalue weighted by Gasteiger charge is -2.08. The average molecular weight is 348 g/mol. The Morgan fingerprint density at radius 2 is 2.05 bits per heavy atom. The largest absolute Gasteiger partial charge is 0.397 e. The number of nitrogen functional groups attached to an aromatic ring is 1. The first-order chi connectivity index (χ1) is 9.79. The summed E-state index contributed by atoms with van der Waals surface area (Å²) < 4.78 is 27.2. The van der Waals surface area contributed by atoms with E-state index in [0.29, 0.717) is 4.34 Å². The van der Waals surface area contributed by atoms with Crippen LogP contribution in [-0.4, -0.2) is 13.3 Å². The highest BCUT2D eigenvalue weighted by Gasteiger charge is 2.20. The van der Waals surface area contributed by atoms with Crippen LogP contribution in [0, 0.1) is 10.1 Å². The van der Waals surface area contributed by atoms with Gasteiger partial charge in [-0.3, -0.25) is 10.1 Å². The molecule has 0 bridgehead atoms. The fourth-order valence-electron chi connectivity index (χ4n) is 1.58. The Balaban J connectivity index is 2.21. The minimum atomic E-state index is -3.86. The van der Waals surface area contributed by atoms with Crippen molar-refractivity contribution in [2.45, 2.75) is 11.4 Å². The highest BCUT2D eigenvalue weighted by molar-refractivity contribution is 7.89. The summed E-state index contributed by atoms with van der Waals surface area (Å²) in [6.45, 7) is 0.0656. The van der Waals surface area contributed by atoms with E-state index < -0.39 is 14.9 Å². The Hall–Kier alpha value is -1.68. The van der Waals surface area contributed by atoms with Gasteiger partial charge in [-0.2, -0.15) is 0 Å². The Morgan fingerprint density at radius 1 is 1.33 bits per heavy atom. The van der Waals surface area contributed by atoms with Crippen molar-refractivity contribution < 1.29 is 13.3 Å². The summed E-state index contributed by atoms with van der Waals surface area (Å²) in [5.74, 6) is 0. The molecular formula is C11H10ClN3O4S2. The van der Waals surface area contributed by atoms with Crippen LogP contribution in [0.25, 0.3) is 0 Å². The number of non-ortho nitro benzene ring substituents is 1. The standard InChI is InChI=1S/C11H10ClN3O4S2/c12-11-4-2-8(20-11)6-14-21(18,19)10-3-1-7(15(16)17)5-9(10)13/h1-5,14H,6,13H2. The highest BCUT2D eigenvalue weighted by atomic mass is 35.5. The normalized spacial score (nSPS) is 11.5. The molecule has 1 aromatic heterocycles. The van der Waals surface area contributed by atoms with Gasteiger partial charge in [0.25, 0.3) is 5.69 Å². The summed E-state index contributed by atoms with van der Waals surface area (Å²) in [6, 6.07) is 6.57. The van der Waals surface area contributed by atoms with Crippen molar-refractivity contribution in [3.63, 3.8) is 0 Å². The molecule has 0 radical (unpaired) electrons. The number of rotatable bonds is 5. The molecule has 10 heteroatoms. The van der Waals surface area contributed by atoms with E-state index in [2.05, 4.69) is 4.72 Å². The third kappa shape index (κ3) is 3.70. The van der Waals surface area contributed by atoms with Crippen LogP contribution >= 0.6 is 22.9 Å². The van der Waals surface area contributed by atoms with Crippen molar-refractivity contribution in [3.05, 3.63) is 49.7 Å². The van der Waals surface area contributed by atoms with E-state index in [0.717, 1.165) is 23.1 Å². The van der Waals surface area contributed by atoms with E-state index in [9.17, 15) is 18.5 Å². The summed E-state index contributed by atoms with van der Waals surface area (Å²) in [5, 5.41) is 10.6. The lowest BCUT2D eigenvalue weighted by Crippen LogP contribution is -2.23. The zero-order valence-electron chi connectivity index (χ0n) is 10.4. The first-order valence-corrected chi connectivity index (χ1v) is 8.25. The van der Waals surface area contributed by atoms with E-state index in [1.807, 2.05) is 0 Å². The molecule has 0 aliphatic heterocycles. The van der Waals surface area contributed by atoms with Crippen LogP contribution in [-0.2, 0) is 16.6 Å². The second-order valence-electron chi connectivity index (χ2n) is 4.01. The molecule has 0 spiro atoms. The van der Waals surface area contributed by atoms with E-state index in [1.54, 1.807) is 12.1 Å². The fourth-order valence-corrected chi connectivity index (χ4v) is 3.82. The molecule has 0 saturated heterocycles. The number of benzene rings is 1. The van der Waals surface area contributed by atoms with Gasteiger partial charge in [0.2, 0.25) is 10.0 Å². The van der Waals surface area contributed by atoms with E-state index in [4.69, 9.17) is 17.3 Å². The molecular weight excluding hydrogens is 338 g/mol. The third-order valence-corrected chi connectivity index (χ3v) is 5.27. The molecule has 0 amide bonds. The van der Waals surface area contributed by atoms with Crippen molar-refractivity contribution >= 4 is 44.3 Å². The smallest absolute Gasteiger partial charge is 0.271 e. The Bertz CT molecular complexity index is 789. The summed E-state index contributed by atoms with van der Waals surface area (Å²) in [5.41, 5.74) is 5.13. The maximum atomic E-state index is 12.1. The number of thiophene rings is 1. The van der Waals surface area contributed by atoms with Crippen molar-refractivity contribution in [3.8, 4) is 0 Å². The maximum absolute atomic E-state index is 12.1. The minimum Gasteiger partial charge on any atom is -0.397 e. The minimum absolute atomic E-state index is 0.0656. The monoisotopic (exact) mass is 347 g/mol. The number of nitro groups is 1. The van der Waals surface area contributed by atoms with Gasteiger partial charge in [-0.25, -0.2) is 13.1 Å². The molecule has 0 unspecified atom stereocenters. The van der Waals surface area contributed by atoms with Gasteiger partial charge in [0, 0.05) is 23.6 Å². The average Bonchev–Trinajstić information content (AvgIpc) is 2.82. The number of hydrogen-bond donors (Lipinski definition) is 2. The van der Waals surface area contributed by atoms with Gasteiger partial charge in [-0.15, -0.1) is 11.3 Å². The topological polar surface area (TPSA) is 115 Å². The summed E-state index contributed by atoms with van der Waals surface area (Å²) in [4.78, 5) is 10.5. The van der Waals surface area contributed by atoms with Crippen LogP contribution in [0.4, 0.5) is 11.4 Å². The van der Waals surface area contributed by atoms with Gasteiger partial charge in [-0.1, -0.05) is 11.6 Å². The molecule has 1 aromatic carbocycles. The first-order valence-electron chi connectivity index (χ1n) is 5.57. The quantitative estimate of drug-likeness (QED) is 0.489. The molecule has 7 nitrogen and oxygen atoms in total. The van der Waals surface area contributed by atoms with Gasteiger partial charge in [0.15, 0.2) is 0 Å². The lowest BCUT2D eigenvalue weighted by molar-refractivity contribution is -0.384. The SMILES string of the molecule is Nc1cc([N+](=O)[O-])ccc1S(=O)(=O)NCc1ccc(Cl)s1. The first kappa shape index (κ1) is 15.7. The fraction of sp³-hybridized carbons (Fsp3) is 0.0909. The number of sulfonamides is 1.